The molecule has 0 bridgehead atoms. The van der Waals surface area contributed by atoms with E-state index in [9.17, 15) is 14.0 Å². The fraction of sp³-hybridized carbons (Fsp3) is 0.304. The molecule has 2 aromatic carbocycles. The zero-order valence-electron chi connectivity index (χ0n) is 17.9. The van der Waals surface area contributed by atoms with Crippen molar-refractivity contribution >= 4 is 17.4 Å². The normalized spacial score (nSPS) is 13.8. The van der Waals surface area contributed by atoms with Crippen LogP contribution in [0.4, 0.5) is 10.1 Å². The van der Waals surface area contributed by atoms with Crippen LogP contribution in [0, 0.1) is 12.7 Å². The summed E-state index contributed by atoms with van der Waals surface area (Å²) in [5.74, 6) is 0.811. The Morgan fingerprint density at radius 3 is 2.41 bits per heavy atom. The highest BCUT2D eigenvalue weighted by Gasteiger charge is 2.23. The molecular formula is C23H23FN4O4. The van der Waals surface area contributed by atoms with Gasteiger partial charge in [-0.05, 0) is 49.4 Å². The summed E-state index contributed by atoms with van der Waals surface area (Å²) in [5, 5.41) is 3.87. The first-order chi connectivity index (χ1) is 15.4. The number of halogens is 1. The first kappa shape index (κ1) is 21.5. The van der Waals surface area contributed by atoms with Crippen LogP contribution in [0.15, 0.2) is 47.0 Å². The van der Waals surface area contributed by atoms with Gasteiger partial charge in [-0.3, -0.25) is 9.59 Å². The lowest BCUT2D eigenvalue weighted by atomic mass is 10.1. The summed E-state index contributed by atoms with van der Waals surface area (Å²) >= 11 is 0. The van der Waals surface area contributed by atoms with E-state index in [0.717, 1.165) is 5.56 Å². The van der Waals surface area contributed by atoms with Crippen LogP contribution in [0.25, 0.3) is 11.4 Å². The number of anilines is 1. The topological polar surface area (TPSA) is 88.8 Å². The Bertz CT molecular complexity index is 1120. The summed E-state index contributed by atoms with van der Waals surface area (Å²) in [6.07, 6.45) is 0. The summed E-state index contributed by atoms with van der Waals surface area (Å²) < 4.78 is 25.0. The molecule has 0 unspecified atom stereocenters. The van der Waals surface area contributed by atoms with Gasteiger partial charge in [-0.25, -0.2) is 4.39 Å². The number of hydrogen-bond acceptors (Lipinski definition) is 7. The Labute approximate surface area is 184 Å². The number of nitrogens with zero attached hydrogens (tertiary/aromatic N) is 4. The molecule has 0 radical (unpaired) electrons. The van der Waals surface area contributed by atoms with Gasteiger partial charge in [0.2, 0.25) is 11.7 Å². The minimum Gasteiger partial charge on any atom is -0.484 e. The smallest absolute Gasteiger partial charge is 0.260 e. The van der Waals surface area contributed by atoms with Crippen molar-refractivity contribution in [2.75, 3.05) is 37.7 Å². The van der Waals surface area contributed by atoms with Crippen molar-refractivity contribution in [3.8, 4) is 17.1 Å². The van der Waals surface area contributed by atoms with Crippen molar-refractivity contribution < 1.29 is 23.2 Å². The van der Waals surface area contributed by atoms with Crippen molar-refractivity contribution in [3.05, 3.63) is 59.7 Å². The molecule has 3 aromatic rings. The van der Waals surface area contributed by atoms with Gasteiger partial charge in [-0.15, -0.1) is 0 Å². The van der Waals surface area contributed by atoms with Gasteiger partial charge in [0.1, 0.15) is 11.6 Å². The predicted octanol–water partition coefficient (Wildman–Crippen LogP) is 3.11. The van der Waals surface area contributed by atoms with Gasteiger partial charge >= 0.3 is 0 Å². The molecule has 1 aromatic heterocycles. The first-order valence-electron chi connectivity index (χ1n) is 10.3. The van der Waals surface area contributed by atoms with Crippen molar-refractivity contribution in [3.63, 3.8) is 0 Å². The Morgan fingerprint density at radius 1 is 1.09 bits per heavy atom. The molecule has 1 saturated heterocycles. The number of rotatable bonds is 6. The van der Waals surface area contributed by atoms with Gasteiger partial charge < -0.3 is 19.1 Å². The summed E-state index contributed by atoms with van der Waals surface area (Å²) in [6, 6.07) is 11.6. The SMILES string of the molecule is CC(=O)c1ccc(N2CCN(C(=O)COc3ccc(-c4noc(C)n4)cc3)CC2)c(F)c1. The highest BCUT2D eigenvalue weighted by atomic mass is 19.1. The van der Waals surface area contributed by atoms with Crippen LogP contribution in [-0.4, -0.2) is 59.5 Å². The van der Waals surface area contributed by atoms with Gasteiger partial charge in [-0.2, -0.15) is 4.98 Å². The lowest BCUT2D eigenvalue weighted by molar-refractivity contribution is -0.133. The maximum Gasteiger partial charge on any atom is 0.260 e. The van der Waals surface area contributed by atoms with Gasteiger partial charge in [0.15, 0.2) is 12.4 Å². The number of aromatic nitrogens is 2. The van der Waals surface area contributed by atoms with Crippen molar-refractivity contribution in [2.45, 2.75) is 13.8 Å². The predicted molar refractivity (Wildman–Crippen MR) is 115 cm³/mol. The zero-order chi connectivity index (χ0) is 22.7. The molecule has 0 aliphatic carbocycles. The van der Waals surface area contributed by atoms with E-state index >= 15 is 0 Å². The fourth-order valence-electron chi connectivity index (χ4n) is 3.53. The van der Waals surface area contributed by atoms with Crippen LogP contribution in [-0.2, 0) is 4.79 Å². The Kier molecular flexibility index (Phi) is 6.16. The number of carbonyl (C=O) groups excluding carboxylic acids is 2. The molecule has 4 rings (SSSR count). The monoisotopic (exact) mass is 438 g/mol. The number of piperazine rings is 1. The zero-order valence-corrected chi connectivity index (χ0v) is 17.9. The van der Waals surface area contributed by atoms with Gasteiger partial charge in [-0.1, -0.05) is 5.16 Å². The fourth-order valence-corrected chi connectivity index (χ4v) is 3.53. The van der Waals surface area contributed by atoms with Crippen LogP contribution in [0.2, 0.25) is 0 Å². The summed E-state index contributed by atoms with van der Waals surface area (Å²) in [4.78, 5) is 31.7. The molecule has 1 amide bonds. The molecule has 9 heteroatoms. The van der Waals surface area contributed by atoms with Crippen molar-refractivity contribution in [2.24, 2.45) is 0 Å². The lowest BCUT2D eigenvalue weighted by Crippen LogP contribution is -2.50. The van der Waals surface area contributed by atoms with Gasteiger partial charge in [0.25, 0.3) is 5.91 Å². The number of ketones is 1. The number of Topliss-reactive ketones (excluding diaryl/α,β-unsaturated/α-hetero) is 1. The minimum absolute atomic E-state index is 0.0810. The summed E-state index contributed by atoms with van der Waals surface area (Å²) in [7, 11) is 0. The minimum atomic E-state index is -0.430. The van der Waals surface area contributed by atoms with E-state index in [2.05, 4.69) is 10.1 Å². The largest absolute Gasteiger partial charge is 0.484 e. The third kappa shape index (κ3) is 4.77. The van der Waals surface area contributed by atoms with Crippen LogP contribution < -0.4 is 9.64 Å². The third-order valence-electron chi connectivity index (χ3n) is 5.33. The number of aryl methyl sites for hydroxylation is 1. The highest BCUT2D eigenvalue weighted by Crippen LogP contribution is 2.23. The van der Waals surface area contributed by atoms with Crippen LogP contribution in [0.5, 0.6) is 5.75 Å². The second-order valence-corrected chi connectivity index (χ2v) is 7.54. The van der Waals surface area contributed by atoms with E-state index in [0.29, 0.717) is 54.9 Å². The molecule has 0 spiro atoms. The van der Waals surface area contributed by atoms with E-state index in [4.69, 9.17) is 9.26 Å². The van der Waals surface area contributed by atoms with E-state index < -0.39 is 5.82 Å². The second-order valence-electron chi connectivity index (χ2n) is 7.54. The first-order valence-corrected chi connectivity index (χ1v) is 10.3. The molecule has 166 valence electrons. The maximum atomic E-state index is 14.4. The number of carbonyl (C=O) groups is 2. The van der Waals surface area contributed by atoms with Crippen molar-refractivity contribution in [1.29, 1.82) is 0 Å². The lowest BCUT2D eigenvalue weighted by Gasteiger charge is -2.36. The molecule has 1 aliphatic rings. The Hall–Kier alpha value is -3.75. The molecule has 1 fully saturated rings. The molecule has 8 nitrogen and oxygen atoms in total. The van der Waals surface area contributed by atoms with E-state index in [1.807, 2.05) is 4.90 Å². The number of ether oxygens (including phenoxy) is 1. The number of hydrogen-bond donors (Lipinski definition) is 0. The third-order valence-corrected chi connectivity index (χ3v) is 5.33. The summed E-state index contributed by atoms with van der Waals surface area (Å²) in [6.45, 7) is 4.98. The average Bonchev–Trinajstić information content (AvgIpc) is 3.24. The number of benzene rings is 2. The van der Waals surface area contributed by atoms with E-state index in [1.165, 1.54) is 13.0 Å². The van der Waals surface area contributed by atoms with Crippen LogP contribution >= 0.6 is 0 Å². The quantitative estimate of drug-likeness (QED) is 0.547. The second kappa shape index (κ2) is 9.17. The molecule has 0 N–H and O–H groups in total. The summed E-state index contributed by atoms with van der Waals surface area (Å²) in [5.41, 5.74) is 1.58. The van der Waals surface area contributed by atoms with E-state index in [-0.39, 0.29) is 18.3 Å². The molecular weight excluding hydrogens is 415 g/mol. The highest BCUT2D eigenvalue weighted by molar-refractivity contribution is 5.94. The molecule has 0 atom stereocenters. The van der Waals surface area contributed by atoms with Gasteiger partial charge in [0.05, 0.1) is 5.69 Å². The Morgan fingerprint density at radius 2 is 1.81 bits per heavy atom. The molecule has 1 aliphatic heterocycles. The Balaban J connectivity index is 1.28. The molecule has 2 heterocycles. The maximum absolute atomic E-state index is 14.4. The molecule has 0 saturated carbocycles. The van der Waals surface area contributed by atoms with Crippen molar-refractivity contribution in [1.82, 2.24) is 15.0 Å². The van der Waals surface area contributed by atoms with Gasteiger partial charge in [0, 0.05) is 44.2 Å². The van der Waals surface area contributed by atoms with Crippen LogP contribution in [0.3, 0.4) is 0 Å². The number of amides is 1. The molecule has 32 heavy (non-hydrogen) atoms. The van der Waals surface area contributed by atoms with Crippen LogP contribution in [0.1, 0.15) is 23.2 Å². The van der Waals surface area contributed by atoms with E-state index in [1.54, 1.807) is 48.2 Å². The standard InChI is InChI=1S/C23H23FN4O4/c1-15(29)18-5-8-21(20(24)13-18)27-9-11-28(12-10-27)22(30)14-31-19-6-3-17(4-7-19)23-25-16(2)32-26-23/h3-8,13H,9-12,14H2,1-2H3. The average molecular weight is 438 g/mol.